The number of hydrogen-bond acceptors (Lipinski definition) is 1. The molecule has 2 atom stereocenters. The number of benzene rings is 6. The highest BCUT2D eigenvalue weighted by Crippen LogP contribution is 2.49. The molecule has 8 rings (SSSR count). The highest BCUT2D eigenvalue weighted by atomic mass is 16.3. The van der Waals surface area contributed by atoms with Gasteiger partial charge >= 0.3 is 0 Å². The Balaban J connectivity index is 1.72. The fourth-order valence-corrected chi connectivity index (χ4v) is 6.15. The van der Waals surface area contributed by atoms with Crippen LogP contribution in [0.5, 0.6) is 0 Å². The molecule has 0 radical (unpaired) electrons. The Hall–Kier alpha value is -5.66. The van der Waals surface area contributed by atoms with E-state index >= 15 is 0 Å². The minimum absolute atomic E-state index is 0.0694. The van der Waals surface area contributed by atoms with E-state index in [4.69, 9.17) is 19.5 Å². The maximum Gasteiger partial charge on any atom is 0.136 e. The van der Waals surface area contributed by atoms with Crippen LogP contribution in [-0.4, -0.2) is 0 Å². The summed E-state index contributed by atoms with van der Waals surface area (Å²) in [6.07, 6.45) is -1.86. The molecule has 1 nitrogen and oxygen atoms in total. The van der Waals surface area contributed by atoms with Crippen molar-refractivity contribution in [2.45, 2.75) is 12.3 Å². The van der Waals surface area contributed by atoms with Crippen LogP contribution in [0.4, 0.5) is 0 Å². The Morgan fingerprint density at radius 2 is 1.42 bits per heavy atom. The average Bonchev–Trinajstić information content (AvgIpc) is 3.67. The van der Waals surface area contributed by atoms with Crippen molar-refractivity contribution in [1.82, 2.24) is 0 Å². The normalized spacial score (nSPS) is 23.2. The second-order valence-electron chi connectivity index (χ2n) is 10.3. The molecule has 0 spiro atoms. The molecule has 2 unspecified atom stereocenters. The minimum Gasteiger partial charge on any atom is -0.456 e. The molecular formula is C44H32O. The molecule has 214 valence electrons. The first kappa shape index (κ1) is 14.4. The Morgan fingerprint density at radius 3 is 2.22 bits per heavy atom. The van der Waals surface area contributed by atoms with E-state index in [1.807, 2.05) is 24.3 Å². The summed E-state index contributed by atoms with van der Waals surface area (Å²) >= 11 is 0. The van der Waals surface area contributed by atoms with Gasteiger partial charge in [-0.3, -0.25) is 0 Å². The number of rotatable bonds is 6. The predicted molar refractivity (Wildman–Crippen MR) is 193 cm³/mol. The van der Waals surface area contributed by atoms with Gasteiger partial charge in [0.25, 0.3) is 0 Å². The van der Waals surface area contributed by atoms with Gasteiger partial charge in [0, 0.05) is 23.6 Å². The first-order valence-electron chi connectivity index (χ1n) is 22.8. The number of para-hydroxylation sites is 1. The molecule has 0 N–H and O–H groups in total. The Bertz CT molecular complexity index is 3220. The Morgan fingerprint density at radius 1 is 0.711 bits per heavy atom. The van der Waals surface area contributed by atoms with Crippen molar-refractivity contribution in [3.63, 3.8) is 0 Å². The number of allylic oxidation sites excluding steroid dienone is 4. The molecule has 45 heavy (non-hydrogen) atoms. The zero-order chi connectivity index (χ0) is 44.8. The van der Waals surface area contributed by atoms with Gasteiger partial charge < -0.3 is 4.42 Å². The second-order valence-corrected chi connectivity index (χ2v) is 10.3. The van der Waals surface area contributed by atoms with E-state index in [1.165, 1.54) is 0 Å². The summed E-state index contributed by atoms with van der Waals surface area (Å²) in [5.74, 6) is -1.81. The topological polar surface area (TPSA) is 13.1 Å². The highest BCUT2D eigenvalue weighted by molar-refractivity contribution is 6.20. The molecule has 1 heteroatoms. The lowest BCUT2D eigenvalue weighted by molar-refractivity contribution is 0.669. The molecule has 1 aliphatic rings. The summed E-state index contributed by atoms with van der Waals surface area (Å²) in [6.45, 7) is 1.22. The molecule has 0 saturated carbocycles. The van der Waals surface area contributed by atoms with Gasteiger partial charge in [-0.25, -0.2) is 0 Å². The van der Waals surface area contributed by atoms with E-state index in [-0.39, 0.29) is 22.1 Å². The minimum atomic E-state index is -1.86. The van der Waals surface area contributed by atoms with Gasteiger partial charge in [0.2, 0.25) is 0 Å². The van der Waals surface area contributed by atoms with Crippen molar-refractivity contribution in [3.05, 3.63) is 169 Å². The lowest BCUT2D eigenvalue weighted by Gasteiger charge is -2.25. The van der Waals surface area contributed by atoms with E-state index in [2.05, 4.69) is 0 Å². The van der Waals surface area contributed by atoms with Gasteiger partial charge in [-0.05, 0) is 79.9 Å². The summed E-state index contributed by atoms with van der Waals surface area (Å²) in [4.78, 5) is 0. The molecular weight excluding hydrogens is 544 g/mol. The summed E-state index contributed by atoms with van der Waals surface area (Å²) < 4.78 is 158. The van der Waals surface area contributed by atoms with Gasteiger partial charge in [0.05, 0.1) is 21.9 Å². The molecule has 7 aromatic rings. The fraction of sp³-hybridized carbons (Fsp3) is 0.0455. The first-order valence-corrected chi connectivity index (χ1v) is 14.1. The van der Waals surface area contributed by atoms with Crippen molar-refractivity contribution in [1.29, 1.82) is 0 Å². The molecule has 0 fully saturated rings. The van der Waals surface area contributed by atoms with Crippen LogP contribution >= 0.6 is 0 Å². The first-order chi connectivity index (χ1) is 29.5. The van der Waals surface area contributed by atoms with Gasteiger partial charge in [-0.15, -0.1) is 0 Å². The van der Waals surface area contributed by atoms with Crippen molar-refractivity contribution in [3.8, 4) is 33.4 Å². The predicted octanol–water partition coefficient (Wildman–Crippen LogP) is 12.6. The van der Waals surface area contributed by atoms with Crippen molar-refractivity contribution in [2.24, 2.45) is 0 Å². The quantitative estimate of drug-likeness (QED) is 0.187. The highest BCUT2D eigenvalue weighted by Gasteiger charge is 2.25. The lowest BCUT2D eigenvalue weighted by Crippen LogP contribution is -2.02. The van der Waals surface area contributed by atoms with Gasteiger partial charge in [0.1, 0.15) is 11.2 Å². The van der Waals surface area contributed by atoms with Gasteiger partial charge in [-0.2, -0.15) is 0 Å². The molecule has 0 amide bonds. The zero-order valence-corrected chi connectivity index (χ0v) is 23.6. The van der Waals surface area contributed by atoms with Crippen molar-refractivity contribution in [2.75, 3.05) is 0 Å². The second kappa shape index (κ2) is 11.1. The van der Waals surface area contributed by atoms with Crippen molar-refractivity contribution < 1.29 is 27.7 Å². The fourth-order valence-electron chi connectivity index (χ4n) is 6.15. The smallest absolute Gasteiger partial charge is 0.136 e. The molecule has 1 heterocycles. The molecule has 1 aromatic heterocycles. The van der Waals surface area contributed by atoms with Gasteiger partial charge in [0.15, 0.2) is 0 Å². The van der Waals surface area contributed by atoms with Crippen molar-refractivity contribution >= 4 is 44.8 Å². The summed E-state index contributed by atoms with van der Waals surface area (Å²) in [7, 11) is 0. The summed E-state index contributed by atoms with van der Waals surface area (Å²) in [5, 5.41) is 0.584. The van der Waals surface area contributed by atoms with Crippen LogP contribution in [0.2, 0.25) is 0 Å². The Labute approximate surface area is 287 Å². The Kier molecular flexibility index (Phi) is 3.56. The molecule has 0 saturated heterocycles. The number of furan rings is 1. The van der Waals surface area contributed by atoms with E-state index < -0.39 is 125 Å². The molecule has 0 bridgehead atoms. The third kappa shape index (κ3) is 4.31. The lowest BCUT2D eigenvalue weighted by atomic mass is 9.78. The van der Waals surface area contributed by atoms with E-state index in [0.717, 1.165) is 0 Å². The number of fused-ring (bicyclic) bond motifs is 4. The van der Waals surface area contributed by atoms with E-state index in [0.29, 0.717) is 46.2 Å². The summed E-state index contributed by atoms with van der Waals surface area (Å²) in [6, 6.07) is 9.01. The van der Waals surface area contributed by atoms with Crippen LogP contribution in [0.25, 0.3) is 78.2 Å². The average molecular weight is 594 g/mol. The van der Waals surface area contributed by atoms with E-state index in [1.54, 1.807) is 42.5 Å². The van der Waals surface area contributed by atoms with Crippen LogP contribution in [0, 0.1) is 0 Å². The maximum atomic E-state index is 9.56. The summed E-state index contributed by atoms with van der Waals surface area (Å²) in [5.41, 5.74) is -0.0851. The third-order valence-corrected chi connectivity index (χ3v) is 7.99. The SMILES string of the molecule is [2H]C=C([2H])c1c(C([2H])=C[2H])c(-c2c([2H])c([2H])c([2H])c([2H])c2C2C([2H])=C([2H])C([2H])=C([2H])C2[2H])c2c([2H])c([2H])c([2H])c([2H])c2c1-c1ccc2oc3ccccc3c2c1-c1ccccc1. The molecule has 6 aromatic carbocycles. The third-order valence-electron chi connectivity index (χ3n) is 7.99. The number of hydrogen-bond donors (Lipinski definition) is 0. The zero-order valence-electron chi connectivity index (χ0n) is 40.6. The standard InChI is InChI=1S/C44H32O/c1-3-31-32(4-2)43(36-24-14-13-23-35(36)42(31)34-22-12-11-21-33(34)29-17-7-5-8-18-29)38-27-28-40-44(37-25-15-16-26-39(37)45-40)41(38)30-19-9-6-10-20-30/h3-17,19-29H,1-2,18H2/i1D,2D,3D,4D,5D,7D,8D,11D,12D,13D,14D,17D,18D,21D,22D,23D,24D. The van der Waals surface area contributed by atoms with E-state index in [9.17, 15) is 8.22 Å². The van der Waals surface area contributed by atoms with Gasteiger partial charge in [-0.1, -0.05) is 146 Å². The van der Waals surface area contributed by atoms with Crippen LogP contribution in [0.15, 0.2) is 157 Å². The maximum absolute atomic E-state index is 9.56. The largest absolute Gasteiger partial charge is 0.456 e. The van der Waals surface area contributed by atoms with Crippen LogP contribution < -0.4 is 0 Å². The molecule has 1 aliphatic carbocycles. The van der Waals surface area contributed by atoms with Crippen LogP contribution in [-0.2, 0) is 0 Å². The molecule has 0 aliphatic heterocycles. The van der Waals surface area contributed by atoms with Crippen LogP contribution in [0.1, 0.15) is 52.3 Å². The monoisotopic (exact) mass is 593 g/mol. The van der Waals surface area contributed by atoms with Crippen LogP contribution in [0.3, 0.4) is 0 Å².